The van der Waals surface area contributed by atoms with Gasteiger partial charge in [-0.15, -0.1) is 0 Å². The number of hydrogen-bond donors (Lipinski definition) is 1. The molecule has 1 aliphatic rings. The van der Waals surface area contributed by atoms with Crippen molar-refractivity contribution in [2.75, 3.05) is 27.7 Å². The van der Waals surface area contributed by atoms with Crippen LogP contribution < -0.4 is 5.32 Å². The maximum atomic E-state index is 12.3. The Balaban J connectivity index is 1.77. The number of ether oxygens (including phenoxy) is 1. The summed E-state index contributed by atoms with van der Waals surface area (Å²) >= 11 is 0. The van der Waals surface area contributed by atoms with Crippen molar-refractivity contribution in [1.82, 2.24) is 20.0 Å². The molecule has 0 saturated carbocycles. The lowest BCUT2D eigenvalue weighted by atomic mass is 10.1. The second kappa shape index (κ2) is 8.55. The Morgan fingerprint density at radius 2 is 2.03 bits per heavy atom. The highest BCUT2D eigenvalue weighted by Crippen LogP contribution is 2.25. The van der Waals surface area contributed by atoms with Gasteiger partial charge in [-0.25, -0.2) is 9.48 Å². The van der Waals surface area contributed by atoms with Gasteiger partial charge < -0.3 is 15.0 Å². The van der Waals surface area contributed by atoms with E-state index in [1.165, 1.54) is 7.11 Å². The highest BCUT2D eigenvalue weighted by molar-refractivity contribution is 6.05. The number of nitrogens with zero attached hydrogens (tertiary/aromatic N) is 3. The second-order valence-corrected chi connectivity index (χ2v) is 7.48. The number of hydrogen-bond acceptors (Lipinski definition) is 5. The highest BCUT2D eigenvalue weighted by Gasteiger charge is 2.27. The molecule has 0 spiro atoms. The van der Waals surface area contributed by atoms with Crippen LogP contribution in [0, 0.1) is 17.8 Å². The average Bonchev–Trinajstić information content (AvgIpc) is 3.36. The van der Waals surface area contributed by atoms with Gasteiger partial charge in [0.05, 0.1) is 18.3 Å². The first-order valence-electron chi connectivity index (χ1n) is 10.1. The van der Waals surface area contributed by atoms with Crippen LogP contribution in [0.3, 0.4) is 0 Å². The number of amides is 2. The van der Waals surface area contributed by atoms with Gasteiger partial charge >= 0.3 is 5.97 Å². The molecule has 1 saturated heterocycles. The minimum absolute atomic E-state index is 0.0429. The zero-order chi connectivity index (χ0) is 22.8. The minimum atomic E-state index is -0.595. The van der Waals surface area contributed by atoms with Crippen molar-refractivity contribution in [1.29, 1.82) is 0 Å². The van der Waals surface area contributed by atoms with Gasteiger partial charge in [-0.05, 0) is 42.8 Å². The molecule has 1 atom stereocenters. The summed E-state index contributed by atoms with van der Waals surface area (Å²) in [5.74, 6) is 5.04. The molecule has 1 aliphatic heterocycles. The fourth-order valence-electron chi connectivity index (χ4n) is 3.69. The first kappa shape index (κ1) is 21.1. The quantitative estimate of drug-likeness (QED) is 0.507. The first-order chi connectivity index (χ1) is 15.4. The van der Waals surface area contributed by atoms with Crippen molar-refractivity contribution in [2.45, 2.75) is 6.42 Å². The Labute approximate surface area is 185 Å². The van der Waals surface area contributed by atoms with Crippen molar-refractivity contribution < 1.29 is 19.1 Å². The predicted octanol–water partition coefficient (Wildman–Crippen LogP) is 2.00. The molecule has 4 rings (SSSR count). The van der Waals surface area contributed by atoms with Crippen molar-refractivity contribution in [3.8, 4) is 17.5 Å². The molecule has 8 nitrogen and oxygen atoms in total. The number of carbonyl (C=O) groups is 3. The summed E-state index contributed by atoms with van der Waals surface area (Å²) < 4.78 is 6.50. The number of nitrogens with one attached hydrogen (secondary N) is 1. The van der Waals surface area contributed by atoms with Gasteiger partial charge in [0.1, 0.15) is 5.92 Å². The first-order valence-corrected chi connectivity index (χ1v) is 10.1. The summed E-state index contributed by atoms with van der Waals surface area (Å²) in [4.78, 5) is 38.2. The van der Waals surface area contributed by atoms with E-state index < -0.39 is 5.97 Å². The van der Waals surface area contributed by atoms with E-state index in [9.17, 15) is 14.4 Å². The number of benzene rings is 2. The summed E-state index contributed by atoms with van der Waals surface area (Å²) in [6.07, 6.45) is 0.724. The van der Waals surface area contributed by atoms with Crippen molar-refractivity contribution >= 4 is 28.7 Å². The summed E-state index contributed by atoms with van der Waals surface area (Å²) in [6.45, 7) is 0.714. The molecule has 8 heteroatoms. The third kappa shape index (κ3) is 3.81. The standard InChI is InChI=1S/C24H22N4O4/c1-25-22(29)17-9-10-20-19(14-17)21(24(31)32-3)26-28(20)18-6-4-5-15(13-18)7-8-16-11-12-27(2)23(16)30/h4-6,9-10,13-14,16H,11-12H2,1-3H3,(H,25,29)/t16-/m1/s1. The van der Waals surface area contributed by atoms with Crippen molar-refractivity contribution in [2.24, 2.45) is 5.92 Å². The maximum Gasteiger partial charge on any atom is 0.359 e. The van der Waals surface area contributed by atoms with Gasteiger partial charge in [-0.1, -0.05) is 17.9 Å². The number of aromatic nitrogens is 2. The van der Waals surface area contributed by atoms with E-state index in [1.54, 1.807) is 41.9 Å². The Morgan fingerprint density at radius 3 is 2.72 bits per heavy atom. The molecular weight excluding hydrogens is 408 g/mol. The van der Waals surface area contributed by atoms with Crippen LogP contribution in [0.25, 0.3) is 16.6 Å². The van der Waals surface area contributed by atoms with Crippen LogP contribution >= 0.6 is 0 Å². The lowest BCUT2D eigenvalue weighted by Gasteiger charge is -2.06. The van der Waals surface area contributed by atoms with Crippen LogP contribution in [0.15, 0.2) is 42.5 Å². The zero-order valence-corrected chi connectivity index (χ0v) is 18.0. The third-order valence-electron chi connectivity index (χ3n) is 5.46. The number of rotatable bonds is 3. The average molecular weight is 430 g/mol. The monoisotopic (exact) mass is 430 g/mol. The maximum absolute atomic E-state index is 12.3. The topological polar surface area (TPSA) is 93.5 Å². The molecule has 1 N–H and O–H groups in total. The largest absolute Gasteiger partial charge is 0.464 e. The molecule has 1 aromatic heterocycles. The zero-order valence-electron chi connectivity index (χ0n) is 18.0. The fourth-order valence-corrected chi connectivity index (χ4v) is 3.69. The lowest BCUT2D eigenvalue weighted by Crippen LogP contribution is -2.21. The van der Waals surface area contributed by atoms with Crippen LogP contribution in [0.1, 0.15) is 32.8 Å². The minimum Gasteiger partial charge on any atom is -0.464 e. The molecule has 2 heterocycles. The molecule has 3 aromatic rings. The summed E-state index contributed by atoms with van der Waals surface area (Å²) in [6, 6.07) is 12.4. The van der Waals surface area contributed by atoms with Gasteiger partial charge in [-0.2, -0.15) is 5.10 Å². The number of fused-ring (bicyclic) bond motifs is 1. The van der Waals surface area contributed by atoms with Gasteiger partial charge in [0.2, 0.25) is 5.91 Å². The molecule has 0 radical (unpaired) electrons. The third-order valence-corrected chi connectivity index (χ3v) is 5.46. The summed E-state index contributed by atoms with van der Waals surface area (Å²) in [7, 11) is 4.61. The molecular formula is C24H22N4O4. The Hall–Kier alpha value is -4.12. The van der Waals surface area contributed by atoms with E-state index in [1.807, 2.05) is 24.3 Å². The van der Waals surface area contributed by atoms with E-state index in [-0.39, 0.29) is 23.4 Å². The molecule has 32 heavy (non-hydrogen) atoms. The Kier molecular flexibility index (Phi) is 5.65. The normalized spacial score (nSPS) is 15.4. The van der Waals surface area contributed by atoms with E-state index in [0.717, 1.165) is 12.0 Å². The number of carbonyl (C=O) groups excluding carboxylic acids is 3. The second-order valence-electron chi connectivity index (χ2n) is 7.48. The van der Waals surface area contributed by atoms with E-state index in [4.69, 9.17) is 4.74 Å². The Morgan fingerprint density at radius 1 is 1.22 bits per heavy atom. The van der Waals surface area contributed by atoms with Crippen LogP contribution in [0.4, 0.5) is 0 Å². The van der Waals surface area contributed by atoms with Crippen LogP contribution in [0.2, 0.25) is 0 Å². The van der Waals surface area contributed by atoms with Crippen LogP contribution in [-0.2, 0) is 9.53 Å². The number of likely N-dealkylation sites (tertiary alicyclic amines) is 1. The molecule has 0 aliphatic carbocycles. The number of esters is 1. The lowest BCUT2D eigenvalue weighted by molar-refractivity contribution is -0.128. The molecule has 162 valence electrons. The molecule has 2 amide bonds. The van der Waals surface area contributed by atoms with Gasteiger partial charge in [0.15, 0.2) is 5.69 Å². The SMILES string of the molecule is CNC(=O)c1ccc2c(c1)c(C(=O)OC)nn2-c1cccc(C#C[C@@H]2CCN(C)C2=O)c1. The van der Waals surface area contributed by atoms with Gasteiger partial charge in [0.25, 0.3) is 5.91 Å². The van der Waals surface area contributed by atoms with E-state index in [2.05, 4.69) is 22.3 Å². The summed E-state index contributed by atoms with van der Waals surface area (Å²) in [5, 5.41) is 7.54. The van der Waals surface area contributed by atoms with E-state index in [0.29, 0.717) is 28.7 Å². The van der Waals surface area contributed by atoms with Crippen molar-refractivity contribution in [3.63, 3.8) is 0 Å². The van der Waals surface area contributed by atoms with Crippen LogP contribution in [-0.4, -0.2) is 60.2 Å². The summed E-state index contributed by atoms with van der Waals surface area (Å²) in [5.41, 5.74) is 2.60. The highest BCUT2D eigenvalue weighted by atomic mass is 16.5. The number of methoxy groups -OCH3 is 1. The van der Waals surface area contributed by atoms with Crippen molar-refractivity contribution in [3.05, 3.63) is 59.3 Å². The van der Waals surface area contributed by atoms with Gasteiger partial charge in [-0.3, -0.25) is 9.59 Å². The fraction of sp³-hybridized carbons (Fsp3) is 0.250. The molecule has 0 unspecified atom stereocenters. The predicted molar refractivity (Wildman–Crippen MR) is 118 cm³/mol. The molecule has 2 aromatic carbocycles. The molecule has 1 fully saturated rings. The smallest absolute Gasteiger partial charge is 0.359 e. The van der Waals surface area contributed by atoms with Gasteiger partial charge in [0, 0.05) is 37.2 Å². The molecule has 0 bridgehead atoms. The Bertz CT molecular complexity index is 1300. The van der Waals surface area contributed by atoms with E-state index >= 15 is 0 Å². The van der Waals surface area contributed by atoms with Crippen LogP contribution in [0.5, 0.6) is 0 Å².